The first-order valence-electron chi connectivity index (χ1n) is 8.97. The molecule has 11 heteroatoms. The standard InChI is InChI=1S/C19H21N3O6S2/c1-13-6-7-15(29(2,25)26)11-17(13)19(24)21-14-4-3-5-16(10-14)30(27,28)22-9-8-20-18(23)12-22/h3-7,10-11H,8-9,12H2,1-2H3,(H,20,23)(H,21,24). The van der Waals surface area contributed by atoms with Crippen LogP contribution in [0.2, 0.25) is 0 Å². The first-order chi connectivity index (χ1) is 14.0. The van der Waals surface area contributed by atoms with E-state index >= 15 is 0 Å². The fourth-order valence-electron chi connectivity index (χ4n) is 2.98. The van der Waals surface area contributed by atoms with Crippen molar-refractivity contribution >= 4 is 37.4 Å². The Bertz CT molecular complexity index is 1220. The molecule has 0 aromatic heterocycles. The van der Waals surface area contributed by atoms with E-state index in [0.717, 1.165) is 10.6 Å². The number of anilines is 1. The SMILES string of the molecule is Cc1ccc(S(C)(=O)=O)cc1C(=O)Nc1cccc(S(=O)(=O)N2CCNC(=O)C2)c1. The normalized spacial score (nSPS) is 15.5. The second kappa shape index (κ2) is 8.17. The van der Waals surface area contributed by atoms with Gasteiger partial charge in [0.05, 0.1) is 16.3 Å². The fraction of sp³-hybridized carbons (Fsp3) is 0.263. The van der Waals surface area contributed by atoms with Gasteiger partial charge in [-0.2, -0.15) is 4.31 Å². The summed E-state index contributed by atoms with van der Waals surface area (Å²) in [7, 11) is -7.40. The number of sulfone groups is 1. The third-order valence-electron chi connectivity index (χ3n) is 4.61. The highest BCUT2D eigenvalue weighted by Gasteiger charge is 2.29. The molecule has 1 saturated heterocycles. The molecule has 2 aromatic rings. The average Bonchev–Trinajstić information content (AvgIpc) is 2.67. The van der Waals surface area contributed by atoms with Crippen LogP contribution in [-0.4, -0.2) is 58.8 Å². The number of carbonyl (C=O) groups is 2. The van der Waals surface area contributed by atoms with Crippen LogP contribution in [0.3, 0.4) is 0 Å². The number of rotatable bonds is 5. The largest absolute Gasteiger partial charge is 0.354 e. The van der Waals surface area contributed by atoms with Crippen LogP contribution in [0.5, 0.6) is 0 Å². The summed E-state index contributed by atoms with van der Waals surface area (Å²) in [6.45, 7) is 1.78. The Balaban J connectivity index is 1.87. The Morgan fingerprint density at radius 2 is 1.80 bits per heavy atom. The molecule has 0 saturated carbocycles. The van der Waals surface area contributed by atoms with Crippen molar-refractivity contribution in [2.45, 2.75) is 16.7 Å². The summed E-state index contributed by atoms with van der Waals surface area (Å²) in [4.78, 5) is 24.2. The summed E-state index contributed by atoms with van der Waals surface area (Å²) in [5, 5.41) is 5.17. The molecule has 1 heterocycles. The van der Waals surface area contributed by atoms with Crippen LogP contribution in [0.4, 0.5) is 5.69 Å². The molecule has 3 rings (SSSR count). The van der Waals surface area contributed by atoms with Gasteiger partial charge < -0.3 is 10.6 Å². The molecule has 30 heavy (non-hydrogen) atoms. The van der Waals surface area contributed by atoms with Crippen LogP contribution in [0.1, 0.15) is 15.9 Å². The molecule has 9 nitrogen and oxygen atoms in total. The third-order valence-corrected chi connectivity index (χ3v) is 7.57. The van der Waals surface area contributed by atoms with E-state index in [9.17, 15) is 26.4 Å². The van der Waals surface area contributed by atoms with Gasteiger partial charge in [0.15, 0.2) is 9.84 Å². The van der Waals surface area contributed by atoms with Gasteiger partial charge in [-0.15, -0.1) is 0 Å². The molecule has 2 amide bonds. The van der Waals surface area contributed by atoms with Gasteiger partial charge in [0.1, 0.15) is 0 Å². The Morgan fingerprint density at radius 3 is 2.47 bits per heavy atom. The number of aryl methyl sites for hydroxylation is 1. The predicted octanol–water partition coefficient (Wildman–Crippen LogP) is 0.771. The first kappa shape index (κ1) is 21.9. The number of sulfonamides is 1. The highest BCUT2D eigenvalue weighted by molar-refractivity contribution is 7.90. The fourth-order valence-corrected chi connectivity index (χ4v) is 5.07. The van der Waals surface area contributed by atoms with E-state index in [1.165, 1.54) is 42.5 Å². The molecule has 0 radical (unpaired) electrons. The lowest BCUT2D eigenvalue weighted by Crippen LogP contribution is -2.49. The molecule has 2 aromatic carbocycles. The van der Waals surface area contributed by atoms with Crippen molar-refractivity contribution in [1.29, 1.82) is 0 Å². The maximum absolute atomic E-state index is 12.8. The maximum Gasteiger partial charge on any atom is 0.255 e. The Morgan fingerprint density at radius 1 is 1.07 bits per heavy atom. The Hall–Kier alpha value is -2.76. The zero-order valence-corrected chi connectivity index (χ0v) is 18.0. The van der Waals surface area contributed by atoms with E-state index in [2.05, 4.69) is 10.6 Å². The number of hydrogen-bond donors (Lipinski definition) is 2. The lowest BCUT2D eigenvalue weighted by atomic mass is 10.1. The zero-order chi connectivity index (χ0) is 22.1. The van der Waals surface area contributed by atoms with E-state index in [1.807, 2.05) is 0 Å². The number of amides is 2. The topological polar surface area (TPSA) is 130 Å². The van der Waals surface area contributed by atoms with Gasteiger partial charge in [-0.25, -0.2) is 16.8 Å². The lowest BCUT2D eigenvalue weighted by molar-refractivity contribution is -0.122. The monoisotopic (exact) mass is 451 g/mol. The van der Waals surface area contributed by atoms with Gasteiger partial charge in [-0.05, 0) is 42.8 Å². The highest BCUT2D eigenvalue weighted by Crippen LogP contribution is 2.22. The van der Waals surface area contributed by atoms with Gasteiger partial charge >= 0.3 is 0 Å². The minimum Gasteiger partial charge on any atom is -0.354 e. The predicted molar refractivity (Wildman–Crippen MR) is 110 cm³/mol. The molecule has 0 bridgehead atoms. The van der Waals surface area contributed by atoms with Crippen LogP contribution in [0.25, 0.3) is 0 Å². The van der Waals surface area contributed by atoms with E-state index in [-0.39, 0.29) is 46.6 Å². The van der Waals surface area contributed by atoms with E-state index in [0.29, 0.717) is 5.56 Å². The van der Waals surface area contributed by atoms with E-state index in [1.54, 1.807) is 6.92 Å². The van der Waals surface area contributed by atoms with Gasteiger partial charge in [0, 0.05) is 30.6 Å². The molecule has 160 valence electrons. The molecule has 1 aliphatic rings. The molecule has 0 spiro atoms. The van der Waals surface area contributed by atoms with Crippen molar-refractivity contribution in [2.24, 2.45) is 0 Å². The number of nitrogens with one attached hydrogen (secondary N) is 2. The van der Waals surface area contributed by atoms with Crippen LogP contribution < -0.4 is 10.6 Å². The number of piperazine rings is 1. The summed E-state index contributed by atoms with van der Waals surface area (Å²) in [6, 6.07) is 9.92. The number of benzene rings is 2. The molecule has 1 fully saturated rings. The van der Waals surface area contributed by atoms with Gasteiger partial charge in [0.2, 0.25) is 15.9 Å². The quantitative estimate of drug-likeness (QED) is 0.691. The third kappa shape index (κ3) is 4.69. The van der Waals surface area contributed by atoms with Crippen LogP contribution in [0.15, 0.2) is 52.3 Å². The van der Waals surface area contributed by atoms with Crippen molar-refractivity contribution in [3.05, 3.63) is 53.6 Å². The van der Waals surface area contributed by atoms with Crippen molar-refractivity contribution in [1.82, 2.24) is 9.62 Å². The first-order valence-corrected chi connectivity index (χ1v) is 12.3. The Kier molecular flexibility index (Phi) is 5.97. The summed E-state index contributed by atoms with van der Waals surface area (Å²) < 4.78 is 50.3. The maximum atomic E-state index is 12.8. The molecule has 0 aliphatic carbocycles. The zero-order valence-electron chi connectivity index (χ0n) is 16.4. The molecule has 0 unspecified atom stereocenters. The number of hydrogen-bond acceptors (Lipinski definition) is 6. The molecule has 1 aliphatic heterocycles. The molecule has 2 N–H and O–H groups in total. The summed E-state index contributed by atoms with van der Waals surface area (Å²) in [6.07, 6.45) is 1.05. The number of nitrogens with zero attached hydrogens (tertiary/aromatic N) is 1. The summed E-state index contributed by atoms with van der Waals surface area (Å²) in [5.74, 6) is -0.944. The smallest absolute Gasteiger partial charge is 0.255 e. The van der Waals surface area contributed by atoms with Gasteiger partial charge in [-0.1, -0.05) is 12.1 Å². The highest BCUT2D eigenvalue weighted by atomic mass is 32.2. The van der Waals surface area contributed by atoms with E-state index in [4.69, 9.17) is 0 Å². The second-order valence-electron chi connectivity index (χ2n) is 6.92. The summed E-state index contributed by atoms with van der Waals surface area (Å²) in [5.41, 5.74) is 0.966. The molecule has 0 atom stereocenters. The van der Waals surface area contributed by atoms with Crippen molar-refractivity contribution in [3.8, 4) is 0 Å². The second-order valence-corrected chi connectivity index (χ2v) is 10.9. The minimum absolute atomic E-state index is 0.0120. The molecular weight excluding hydrogens is 430 g/mol. The van der Waals surface area contributed by atoms with E-state index < -0.39 is 25.8 Å². The minimum atomic E-state index is -3.91. The lowest BCUT2D eigenvalue weighted by Gasteiger charge is -2.26. The van der Waals surface area contributed by atoms with Crippen LogP contribution >= 0.6 is 0 Å². The van der Waals surface area contributed by atoms with Crippen LogP contribution in [0, 0.1) is 6.92 Å². The Labute approximate surface area is 175 Å². The number of carbonyl (C=O) groups excluding carboxylic acids is 2. The van der Waals surface area contributed by atoms with Crippen molar-refractivity contribution < 1.29 is 26.4 Å². The van der Waals surface area contributed by atoms with Crippen LogP contribution in [-0.2, 0) is 24.7 Å². The van der Waals surface area contributed by atoms with Gasteiger partial charge in [0.25, 0.3) is 5.91 Å². The van der Waals surface area contributed by atoms with Crippen molar-refractivity contribution in [3.63, 3.8) is 0 Å². The van der Waals surface area contributed by atoms with Crippen molar-refractivity contribution in [2.75, 3.05) is 31.2 Å². The summed E-state index contributed by atoms with van der Waals surface area (Å²) >= 11 is 0. The van der Waals surface area contributed by atoms with Gasteiger partial charge in [-0.3, -0.25) is 9.59 Å². The molecular formula is C19H21N3O6S2. The average molecular weight is 452 g/mol.